The van der Waals surface area contributed by atoms with Crippen molar-refractivity contribution in [3.05, 3.63) is 46.6 Å². The van der Waals surface area contributed by atoms with Gasteiger partial charge in [-0.3, -0.25) is 9.78 Å². The second-order valence-electron chi connectivity index (χ2n) is 5.02. The van der Waals surface area contributed by atoms with E-state index in [2.05, 4.69) is 27.1 Å². The molecule has 1 aromatic heterocycles. The number of carbonyl (C=O) groups is 1. The third-order valence-corrected chi connectivity index (χ3v) is 3.66. The van der Waals surface area contributed by atoms with E-state index in [0.717, 1.165) is 23.5 Å². The summed E-state index contributed by atoms with van der Waals surface area (Å²) in [4.78, 5) is 30.0. The molecule has 7 heteroatoms. The van der Waals surface area contributed by atoms with Crippen molar-refractivity contribution in [2.75, 3.05) is 31.1 Å². The van der Waals surface area contributed by atoms with Gasteiger partial charge in [0, 0.05) is 38.9 Å². The van der Waals surface area contributed by atoms with Gasteiger partial charge >= 0.3 is 5.69 Å². The quantitative estimate of drug-likeness (QED) is 0.848. The lowest BCUT2D eigenvalue weighted by molar-refractivity contribution is 0.0734. The van der Waals surface area contributed by atoms with E-state index >= 15 is 0 Å². The van der Waals surface area contributed by atoms with Crippen molar-refractivity contribution < 1.29 is 4.79 Å². The smallest absolute Gasteiger partial charge is 0.343 e. The normalized spacial score (nSPS) is 15.3. The van der Waals surface area contributed by atoms with Gasteiger partial charge in [0.15, 0.2) is 0 Å². The fourth-order valence-electron chi connectivity index (χ4n) is 2.46. The average Bonchev–Trinajstić information content (AvgIpc) is 2.87. The predicted molar refractivity (Wildman–Crippen MR) is 78.4 cm³/mol. The first-order valence-corrected chi connectivity index (χ1v) is 6.88. The van der Waals surface area contributed by atoms with Crippen LogP contribution in [0.2, 0.25) is 0 Å². The molecule has 3 rings (SSSR count). The molecule has 1 aliphatic heterocycles. The molecule has 0 bridgehead atoms. The number of rotatable bonds is 2. The Morgan fingerprint density at radius 2 is 1.81 bits per heavy atom. The van der Waals surface area contributed by atoms with Gasteiger partial charge < -0.3 is 9.80 Å². The number of aromatic nitrogens is 3. The number of nitrogens with one attached hydrogen (secondary N) is 1. The number of H-pyrrole nitrogens is 1. The predicted octanol–water partition coefficient (Wildman–Crippen LogP) is 0.0708. The zero-order valence-corrected chi connectivity index (χ0v) is 11.8. The SMILES string of the molecule is Cn1nc(C(=O)N2CCN(c3ccccc3)CC2)[nH]c1=O. The Hall–Kier alpha value is -2.57. The molecule has 0 atom stereocenters. The number of benzene rings is 1. The van der Waals surface area contributed by atoms with Crippen molar-refractivity contribution in [3.8, 4) is 0 Å². The van der Waals surface area contributed by atoms with E-state index in [4.69, 9.17) is 0 Å². The summed E-state index contributed by atoms with van der Waals surface area (Å²) in [5.74, 6) is -0.115. The Balaban J connectivity index is 1.66. The highest BCUT2D eigenvalue weighted by Crippen LogP contribution is 2.16. The summed E-state index contributed by atoms with van der Waals surface area (Å²) in [5.41, 5.74) is 0.789. The monoisotopic (exact) mass is 287 g/mol. The minimum atomic E-state index is -0.374. The van der Waals surface area contributed by atoms with E-state index < -0.39 is 0 Å². The van der Waals surface area contributed by atoms with Gasteiger partial charge in [0.1, 0.15) is 0 Å². The summed E-state index contributed by atoms with van der Waals surface area (Å²) >= 11 is 0. The van der Waals surface area contributed by atoms with Gasteiger partial charge in [-0.05, 0) is 12.1 Å². The van der Waals surface area contributed by atoms with E-state index in [1.807, 2.05) is 18.2 Å². The molecule has 1 aliphatic rings. The molecule has 1 amide bonds. The Kier molecular flexibility index (Phi) is 3.47. The van der Waals surface area contributed by atoms with Crippen molar-refractivity contribution in [2.45, 2.75) is 0 Å². The number of hydrogen-bond donors (Lipinski definition) is 1. The third-order valence-electron chi connectivity index (χ3n) is 3.66. The number of aryl methyl sites for hydroxylation is 1. The van der Waals surface area contributed by atoms with Crippen LogP contribution in [0.25, 0.3) is 0 Å². The number of nitrogens with zero attached hydrogens (tertiary/aromatic N) is 4. The Morgan fingerprint density at radius 3 is 2.38 bits per heavy atom. The highest BCUT2D eigenvalue weighted by Gasteiger charge is 2.24. The number of carbonyl (C=O) groups excluding carboxylic acids is 1. The number of aromatic amines is 1. The fraction of sp³-hybridized carbons (Fsp3) is 0.357. The van der Waals surface area contributed by atoms with Gasteiger partial charge in [-0.2, -0.15) is 0 Å². The van der Waals surface area contributed by atoms with E-state index in [1.165, 1.54) is 7.05 Å². The molecule has 21 heavy (non-hydrogen) atoms. The molecule has 0 aliphatic carbocycles. The molecular formula is C14H17N5O2. The van der Waals surface area contributed by atoms with Crippen LogP contribution in [0.5, 0.6) is 0 Å². The molecule has 1 aromatic carbocycles. The van der Waals surface area contributed by atoms with Crippen LogP contribution in [0.1, 0.15) is 10.6 Å². The average molecular weight is 287 g/mol. The maximum atomic E-state index is 12.3. The van der Waals surface area contributed by atoms with Gasteiger partial charge in [0.25, 0.3) is 5.91 Å². The summed E-state index contributed by atoms with van der Waals surface area (Å²) in [6.45, 7) is 2.78. The van der Waals surface area contributed by atoms with Crippen molar-refractivity contribution in [1.29, 1.82) is 0 Å². The van der Waals surface area contributed by atoms with Crippen molar-refractivity contribution in [1.82, 2.24) is 19.7 Å². The lowest BCUT2D eigenvalue weighted by atomic mass is 10.2. The minimum absolute atomic E-state index is 0.107. The molecule has 2 aromatic rings. The van der Waals surface area contributed by atoms with Gasteiger partial charge in [0.05, 0.1) is 0 Å². The molecule has 1 saturated heterocycles. The van der Waals surface area contributed by atoms with E-state index in [-0.39, 0.29) is 17.4 Å². The largest absolute Gasteiger partial charge is 0.368 e. The first-order valence-electron chi connectivity index (χ1n) is 6.88. The topological polar surface area (TPSA) is 74.2 Å². The standard InChI is InChI=1S/C14H17N5O2/c1-17-14(21)15-12(16-17)13(20)19-9-7-18(8-10-19)11-5-3-2-4-6-11/h2-6H,7-10H2,1H3,(H,15,16,21). The van der Waals surface area contributed by atoms with Gasteiger partial charge in [-0.15, -0.1) is 5.10 Å². The van der Waals surface area contributed by atoms with Crippen molar-refractivity contribution in [3.63, 3.8) is 0 Å². The van der Waals surface area contributed by atoms with Crippen LogP contribution in [-0.4, -0.2) is 51.8 Å². The Labute approximate surface area is 121 Å². The maximum Gasteiger partial charge on any atom is 0.343 e. The molecule has 0 spiro atoms. The zero-order chi connectivity index (χ0) is 14.8. The molecule has 2 heterocycles. The molecule has 0 radical (unpaired) electrons. The first-order chi connectivity index (χ1) is 10.1. The molecule has 0 saturated carbocycles. The highest BCUT2D eigenvalue weighted by molar-refractivity contribution is 5.90. The number of amides is 1. The summed E-state index contributed by atoms with van der Waals surface area (Å²) < 4.78 is 1.13. The summed E-state index contributed by atoms with van der Waals surface area (Å²) in [5, 5.41) is 3.91. The minimum Gasteiger partial charge on any atom is -0.368 e. The van der Waals surface area contributed by atoms with Gasteiger partial charge in [0.2, 0.25) is 5.82 Å². The lowest BCUT2D eigenvalue weighted by Gasteiger charge is -2.35. The summed E-state index contributed by atoms with van der Waals surface area (Å²) in [6, 6.07) is 10.1. The molecular weight excluding hydrogens is 270 g/mol. The van der Waals surface area contributed by atoms with Crippen LogP contribution < -0.4 is 10.6 Å². The lowest BCUT2D eigenvalue weighted by Crippen LogP contribution is -2.49. The Morgan fingerprint density at radius 1 is 1.14 bits per heavy atom. The molecule has 0 unspecified atom stereocenters. The van der Waals surface area contributed by atoms with Crippen LogP contribution in [0.4, 0.5) is 5.69 Å². The van der Waals surface area contributed by atoms with E-state index in [1.54, 1.807) is 4.90 Å². The Bertz CT molecular complexity index is 683. The van der Waals surface area contributed by atoms with E-state index in [9.17, 15) is 9.59 Å². The second-order valence-corrected chi connectivity index (χ2v) is 5.02. The molecule has 1 fully saturated rings. The van der Waals surface area contributed by atoms with Crippen LogP contribution in [0, 0.1) is 0 Å². The summed E-state index contributed by atoms with van der Waals surface area (Å²) in [6.07, 6.45) is 0. The summed E-state index contributed by atoms with van der Waals surface area (Å²) in [7, 11) is 1.52. The van der Waals surface area contributed by atoms with Crippen LogP contribution in [-0.2, 0) is 7.05 Å². The molecule has 1 N–H and O–H groups in total. The number of para-hydroxylation sites is 1. The van der Waals surface area contributed by atoms with E-state index in [0.29, 0.717) is 13.1 Å². The molecule has 7 nitrogen and oxygen atoms in total. The number of piperazine rings is 1. The number of hydrogen-bond acceptors (Lipinski definition) is 4. The molecule has 110 valence electrons. The van der Waals surface area contributed by atoms with Crippen LogP contribution in [0.3, 0.4) is 0 Å². The van der Waals surface area contributed by atoms with Crippen LogP contribution in [0.15, 0.2) is 35.1 Å². The highest BCUT2D eigenvalue weighted by atomic mass is 16.2. The van der Waals surface area contributed by atoms with Crippen molar-refractivity contribution >= 4 is 11.6 Å². The van der Waals surface area contributed by atoms with Gasteiger partial charge in [-0.25, -0.2) is 9.48 Å². The maximum absolute atomic E-state index is 12.3. The van der Waals surface area contributed by atoms with Gasteiger partial charge in [-0.1, -0.05) is 18.2 Å². The number of anilines is 1. The second kappa shape index (κ2) is 5.43. The third kappa shape index (κ3) is 2.67. The zero-order valence-electron chi connectivity index (χ0n) is 11.8. The fourth-order valence-corrected chi connectivity index (χ4v) is 2.46. The van der Waals surface area contributed by atoms with Crippen LogP contribution >= 0.6 is 0 Å². The first kappa shape index (κ1) is 13.4. The van der Waals surface area contributed by atoms with Crippen molar-refractivity contribution in [2.24, 2.45) is 7.05 Å².